The highest BCUT2D eigenvalue weighted by molar-refractivity contribution is 7.99. The number of hydrogen-bond donors (Lipinski definition) is 1. The third-order valence-electron chi connectivity index (χ3n) is 4.58. The third kappa shape index (κ3) is 4.13. The number of anilines is 1. The van der Waals surface area contributed by atoms with E-state index < -0.39 is 0 Å². The van der Waals surface area contributed by atoms with Gasteiger partial charge in [0.25, 0.3) is 0 Å². The molecule has 1 N–H and O–H groups in total. The van der Waals surface area contributed by atoms with Gasteiger partial charge in [-0.25, -0.2) is 4.68 Å². The Kier molecular flexibility index (Phi) is 5.67. The smallest absolute Gasteiger partial charge is 0.236 e. The number of carbonyl (C=O) groups is 1. The monoisotopic (exact) mass is 418 g/mol. The lowest BCUT2D eigenvalue weighted by atomic mass is 10.2. The highest BCUT2D eigenvalue weighted by atomic mass is 32.2. The van der Waals surface area contributed by atoms with Crippen molar-refractivity contribution in [3.05, 3.63) is 77.7 Å². The molecule has 0 atom stereocenters. The second-order valence-corrected chi connectivity index (χ2v) is 7.85. The van der Waals surface area contributed by atoms with Crippen LogP contribution in [0.2, 0.25) is 0 Å². The summed E-state index contributed by atoms with van der Waals surface area (Å²) in [6.45, 7) is 5.85. The minimum absolute atomic E-state index is 0.130. The van der Waals surface area contributed by atoms with Crippen molar-refractivity contribution in [2.75, 3.05) is 11.1 Å². The molecule has 0 aliphatic heterocycles. The molecule has 0 aliphatic rings. The lowest BCUT2D eigenvalue weighted by molar-refractivity contribution is -0.113. The van der Waals surface area contributed by atoms with Gasteiger partial charge in [-0.3, -0.25) is 9.36 Å². The number of nitrogens with one attached hydrogen (secondary N) is 1. The third-order valence-corrected chi connectivity index (χ3v) is 5.51. The first-order valence-corrected chi connectivity index (χ1v) is 10.5. The topological polar surface area (TPSA) is 77.6 Å². The number of para-hydroxylation sites is 2. The quantitative estimate of drug-likeness (QED) is 0.477. The number of carbonyl (C=O) groups excluding carboxylic acids is 1. The van der Waals surface area contributed by atoms with E-state index in [4.69, 9.17) is 0 Å². The molecule has 0 spiro atoms. The Labute approximate surface area is 179 Å². The summed E-state index contributed by atoms with van der Waals surface area (Å²) < 4.78 is 3.71. The van der Waals surface area contributed by atoms with Crippen molar-refractivity contribution in [3.63, 3.8) is 0 Å². The van der Waals surface area contributed by atoms with Crippen LogP contribution < -0.4 is 5.32 Å². The molecule has 0 bridgehead atoms. The standard InChI is InChI=1S/C22H22N6OS/c1-15-9-7-8-12-19(15)27-17(3)24-25-22(27)30-14-21(29)23-20-13-16(2)26-28(20)18-10-5-4-6-11-18/h4-13H,14H2,1-3H3,(H,23,29). The van der Waals surface area contributed by atoms with Gasteiger partial charge in [-0.1, -0.05) is 48.2 Å². The molecule has 8 heteroatoms. The zero-order valence-corrected chi connectivity index (χ0v) is 17.8. The van der Waals surface area contributed by atoms with Crippen molar-refractivity contribution in [2.24, 2.45) is 0 Å². The lowest BCUT2D eigenvalue weighted by Crippen LogP contribution is -2.17. The molecule has 152 valence electrons. The Hall–Kier alpha value is -3.39. The summed E-state index contributed by atoms with van der Waals surface area (Å²) >= 11 is 1.35. The van der Waals surface area contributed by atoms with Crippen molar-refractivity contribution < 1.29 is 4.79 Å². The van der Waals surface area contributed by atoms with Crippen LogP contribution in [0.3, 0.4) is 0 Å². The largest absolute Gasteiger partial charge is 0.310 e. The number of nitrogens with zero attached hydrogens (tertiary/aromatic N) is 5. The zero-order valence-electron chi connectivity index (χ0n) is 17.0. The Bertz CT molecular complexity index is 1180. The zero-order chi connectivity index (χ0) is 21.1. The van der Waals surface area contributed by atoms with E-state index in [9.17, 15) is 4.79 Å². The number of hydrogen-bond acceptors (Lipinski definition) is 5. The average Bonchev–Trinajstić information content (AvgIpc) is 3.29. The van der Waals surface area contributed by atoms with Crippen LogP contribution in [0.4, 0.5) is 5.82 Å². The van der Waals surface area contributed by atoms with Gasteiger partial charge in [-0.2, -0.15) is 5.10 Å². The van der Waals surface area contributed by atoms with E-state index in [0.29, 0.717) is 11.0 Å². The Morgan fingerprint density at radius 2 is 1.73 bits per heavy atom. The van der Waals surface area contributed by atoms with Crippen LogP contribution in [0.15, 0.2) is 65.8 Å². The first kappa shape index (κ1) is 19.9. The van der Waals surface area contributed by atoms with Crippen LogP contribution in [-0.4, -0.2) is 36.2 Å². The van der Waals surface area contributed by atoms with Gasteiger partial charge in [0.2, 0.25) is 5.91 Å². The summed E-state index contributed by atoms with van der Waals surface area (Å²) in [5.41, 5.74) is 3.86. The summed E-state index contributed by atoms with van der Waals surface area (Å²) in [7, 11) is 0. The highest BCUT2D eigenvalue weighted by Gasteiger charge is 2.16. The maximum Gasteiger partial charge on any atom is 0.236 e. The highest BCUT2D eigenvalue weighted by Crippen LogP contribution is 2.24. The SMILES string of the molecule is Cc1cc(NC(=O)CSc2nnc(C)n2-c2ccccc2C)n(-c2ccccc2)n1. The van der Waals surface area contributed by atoms with Crippen molar-refractivity contribution in [3.8, 4) is 11.4 Å². The van der Waals surface area contributed by atoms with Crippen molar-refractivity contribution >= 4 is 23.5 Å². The van der Waals surface area contributed by atoms with Crippen LogP contribution in [0.1, 0.15) is 17.1 Å². The van der Waals surface area contributed by atoms with Gasteiger partial charge >= 0.3 is 0 Å². The molecule has 2 aromatic heterocycles. The number of amides is 1. The van der Waals surface area contributed by atoms with Gasteiger partial charge in [0, 0.05) is 6.07 Å². The molecule has 4 aromatic rings. The molecule has 0 unspecified atom stereocenters. The maximum atomic E-state index is 12.7. The van der Waals surface area contributed by atoms with E-state index in [1.807, 2.05) is 86.0 Å². The van der Waals surface area contributed by atoms with E-state index in [0.717, 1.165) is 28.5 Å². The summed E-state index contributed by atoms with van der Waals surface area (Å²) in [4.78, 5) is 12.7. The predicted molar refractivity (Wildman–Crippen MR) is 118 cm³/mol. The first-order chi connectivity index (χ1) is 14.5. The van der Waals surface area contributed by atoms with Gasteiger partial charge in [0.05, 0.1) is 22.8 Å². The molecule has 0 saturated heterocycles. The minimum Gasteiger partial charge on any atom is -0.310 e. The number of rotatable bonds is 6. The Morgan fingerprint density at radius 1 is 1.00 bits per heavy atom. The van der Waals surface area contributed by atoms with Crippen LogP contribution >= 0.6 is 11.8 Å². The van der Waals surface area contributed by atoms with Crippen LogP contribution in [-0.2, 0) is 4.79 Å². The van der Waals surface area contributed by atoms with Crippen LogP contribution in [0, 0.1) is 20.8 Å². The number of aryl methyl sites for hydroxylation is 3. The molecule has 1 amide bonds. The molecule has 2 aromatic carbocycles. The van der Waals surface area contributed by atoms with Gasteiger partial charge < -0.3 is 5.32 Å². The van der Waals surface area contributed by atoms with Crippen molar-refractivity contribution in [2.45, 2.75) is 25.9 Å². The summed E-state index contributed by atoms with van der Waals surface area (Å²) in [5.74, 6) is 1.50. The lowest BCUT2D eigenvalue weighted by Gasteiger charge is -2.11. The molecular formula is C22H22N6OS. The van der Waals surface area contributed by atoms with E-state index >= 15 is 0 Å². The fourth-order valence-corrected chi connectivity index (χ4v) is 3.98. The predicted octanol–water partition coefficient (Wildman–Crippen LogP) is 4.11. The molecule has 0 aliphatic carbocycles. The Morgan fingerprint density at radius 3 is 2.50 bits per heavy atom. The van der Waals surface area contributed by atoms with E-state index in [-0.39, 0.29) is 11.7 Å². The maximum absolute atomic E-state index is 12.7. The molecule has 0 radical (unpaired) electrons. The minimum atomic E-state index is -0.130. The molecule has 7 nitrogen and oxygen atoms in total. The molecule has 0 fully saturated rings. The van der Waals surface area contributed by atoms with E-state index in [1.54, 1.807) is 4.68 Å². The Balaban J connectivity index is 1.50. The molecule has 4 rings (SSSR count). The second-order valence-electron chi connectivity index (χ2n) is 6.91. The molecular weight excluding hydrogens is 396 g/mol. The van der Waals surface area contributed by atoms with E-state index in [2.05, 4.69) is 20.6 Å². The van der Waals surface area contributed by atoms with E-state index in [1.165, 1.54) is 11.8 Å². The average molecular weight is 419 g/mol. The van der Waals surface area contributed by atoms with Crippen molar-refractivity contribution in [1.29, 1.82) is 0 Å². The fourth-order valence-electron chi connectivity index (χ4n) is 3.19. The van der Waals surface area contributed by atoms with Crippen molar-refractivity contribution in [1.82, 2.24) is 24.5 Å². The van der Waals surface area contributed by atoms with Gasteiger partial charge in [0.1, 0.15) is 11.6 Å². The fraction of sp³-hybridized carbons (Fsp3) is 0.182. The second kappa shape index (κ2) is 8.54. The van der Waals surface area contributed by atoms with Gasteiger partial charge in [0.15, 0.2) is 5.16 Å². The van der Waals surface area contributed by atoms with Gasteiger partial charge in [-0.05, 0) is 44.5 Å². The molecule has 0 saturated carbocycles. The normalized spacial score (nSPS) is 10.9. The summed E-state index contributed by atoms with van der Waals surface area (Å²) in [6.07, 6.45) is 0. The number of aromatic nitrogens is 5. The first-order valence-electron chi connectivity index (χ1n) is 9.55. The number of thioether (sulfide) groups is 1. The molecule has 2 heterocycles. The van der Waals surface area contributed by atoms with Gasteiger partial charge in [-0.15, -0.1) is 10.2 Å². The molecule has 30 heavy (non-hydrogen) atoms. The summed E-state index contributed by atoms with van der Waals surface area (Å²) in [6, 6.07) is 19.6. The summed E-state index contributed by atoms with van der Waals surface area (Å²) in [5, 5.41) is 16.6. The van der Waals surface area contributed by atoms with Crippen LogP contribution in [0.5, 0.6) is 0 Å². The number of benzene rings is 2. The van der Waals surface area contributed by atoms with Crippen LogP contribution in [0.25, 0.3) is 11.4 Å².